The van der Waals surface area contributed by atoms with Crippen molar-refractivity contribution in [3.8, 4) is 0 Å². The highest BCUT2D eigenvalue weighted by Crippen LogP contribution is 2.28. The second-order valence-electron chi connectivity index (χ2n) is 3.72. The molecule has 1 aliphatic carbocycles. The van der Waals surface area contributed by atoms with Crippen LogP contribution in [0.25, 0.3) is 0 Å². The van der Waals surface area contributed by atoms with E-state index < -0.39 is 5.54 Å². The van der Waals surface area contributed by atoms with Gasteiger partial charge in [0.1, 0.15) is 5.54 Å². The molecule has 0 saturated heterocycles. The van der Waals surface area contributed by atoms with Crippen molar-refractivity contribution in [3.63, 3.8) is 0 Å². The van der Waals surface area contributed by atoms with E-state index in [1.807, 2.05) is 6.08 Å². The lowest BCUT2D eigenvalue weighted by molar-refractivity contribution is -0.147. The van der Waals surface area contributed by atoms with Gasteiger partial charge in [-0.2, -0.15) is 0 Å². The van der Waals surface area contributed by atoms with Crippen molar-refractivity contribution in [1.82, 2.24) is 0 Å². The first-order valence-electron chi connectivity index (χ1n) is 4.78. The average Bonchev–Trinajstić information content (AvgIpc) is 2.17. The van der Waals surface area contributed by atoms with Gasteiger partial charge in [-0.15, -0.1) is 6.58 Å². The summed E-state index contributed by atoms with van der Waals surface area (Å²) in [4.78, 5) is 11.4. The zero-order valence-corrected chi connectivity index (χ0v) is 8.58. The number of carbonyl (C=O) groups excluding carboxylic acids is 1. The molecule has 78 valence electrons. The molecule has 0 fully saturated rings. The van der Waals surface area contributed by atoms with Gasteiger partial charge in [0.25, 0.3) is 0 Å². The molecule has 2 N–H and O–H groups in total. The zero-order valence-electron chi connectivity index (χ0n) is 8.58. The van der Waals surface area contributed by atoms with Crippen molar-refractivity contribution in [1.29, 1.82) is 0 Å². The Morgan fingerprint density at radius 3 is 3.14 bits per heavy atom. The first kappa shape index (κ1) is 11.0. The SMILES string of the molecule is C=CCC1=CCCC(N)(C(=O)OC)C1. The third kappa shape index (κ3) is 2.23. The first-order valence-corrected chi connectivity index (χ1v) is 4.78. The predicted molar refractivity (Wildman–Crippen MR) is 55.7 cm³/mol. The minimum absolute atomic E-state index is 0.313. The number of hydrogen-bond donors (Lipinski definition) is 1. The molecule has 1 rings (SSSR count). The van der Waals surface area contributed by atoms with Crippen LogP contribution in [0.2, 0.25) is 0 Å². The van der Waals surface area contributed by atoms with Crippen molar-refractivity contribution < 1.29 is 9.53 Å². The summed E-state index contributed by atoms with van der Waals surface area (Å²) in [5.74, 6) is -0.313. The van der Waals surface area contributed by atoms with Crippen LogP contribution in [0.4, 0.5) is 0 Å². The van der Waals surface area contributed by atoms with Crippen LogP contribution in [0.5, 0.6) is 0 Å². The van der Waals surface area contributed by atoms with Crippen molar-refractivity contribution in [2.45, 2.75) is 31.2 Å². The molecule has 1 atom stereocenters. The Kier molecular flexibility index (Phi) is 3.47. The molecule has 1 aliphatic rings. The fourth-order valence-corrected chi connectivity index (χ4v) is 1.82. The van der Waals surface area contributed by atoms with Gasteiger partial charge in [0, 0.05) is 0 Å². The Morgan fingerprint density at radius 2 is 2.57 bits per heavy atom. The Morgan fingerprint density at radius 1 is 1.86 bits per heavy atom. The van der Waals surface area contributed by atoms with Gasteiger partial charge >= 0.3 is 5.97 Å². The van der Waals surface area contributed by atoms with Crippen molar-refractivity contribution in [2.24, 2.45) is 5.73 Å². The summed E-state index contributed by atoms with van der Waals surface area (Å²) in [6.45, 7) is 3.67. The maximum Gasteiger partial charge on any atom is 0.326 e. The molecule has 0 saturated carbocycles. The molecule has 3 nitrogen and oxygen atoms in total. The molecule has 1 unspecified atom stereocenters. The molecule has 0 aromatic rings. The summed E-state index contributed by atoms with van der Waals surface area (Å²) >= 11 is 0. The summed E-state index contributed by atoms with van der Waals surface area (Å²) in [6.07, 6.45) is 6.86. The number of ether oxygens (including phenoxy) is 1. The van der Waals surface area contributed by atoms with Gasteiger partial charge in [-0.1, -0.05) is 17.7 Å². The third-order valence-corrected chi connectivity index (χ3v) is 2.56. The molecule has 0 aliphatic heterocycles. The van der Waals surface area contributed by atoms with Gasteiger partial charge in [0.05, 0.1) is 7.11 Å². The Hall–Kier alpha value is -1.09. The Balaban J connectivity index is 2.71. The van der Waals surface area contributed by atoms with E-state index in [0.717, 1.165) is 12.8 Å². The van der Waals surface area contributed by atoms with Crippen LogP contribution < -0.4 is 5.73 Å². The first-order chi connectivity index (χ1) is 6.62. The maximum absolute atomic E-state index is 11.4. The van der Waals surface area contributed by atoms with E-state index in [4.69, 9.17) is 10.5 Å². The number of rotatable bonds is 3. The molecular weight excluding hydrogens is 178 g/mol. The van der Waals surface area contributed by atoms with Gasteiger partial charge in [-0.05, 0) is 25.7 Å². The number of carbonyl (C=O) groups is 1. The van der Waals surface area contributed by atoms with Crippen LogP contribution in [0, 0.1) is 0 Å². The predicted octanol–water partition coefficient (Wildman–Crippen LogP) is 1.54. The van der Waals surface area contributed by atoms with E-state index in [9.17, 15) is 4.79 Å². The van der Waals surface area contributed by atoms with Gasteiger partial charge in [0.2, 0.25) is 0 Å². The quantitative estimate of drug-likeness (QED) is 0.549. The minimum Gasteiger partial charge on any atom is -0.468 e. The summed E-state index contributed by atoms with van der Waals surface area (Å²) in [5, 5.41) is 0. The van der Waals surface area contributed by atoms with Crippen LogP contribution in [-0.2, 0) is 9.53 Å². The fourth-order valence-electron chi connectivity index (χ4n) is 1.82. The largest absolute Gasteiger partial charge is 0.468 e. The lowest BCUT2D eigenvalue weighted by Crippen LogP contribution is -2.50. The summed E-state index contributed by atoms with van der Waals surface area (Å²) in [7, 11) is 1.38. The van der Waals surface area contributed by atoms with Crippen molar-refractivity contribution in [3.05, 3.63) is 24.3 Å². The van der Waals surface area contributed by atoms with E-state index in [1.54, 1.807) is 0 Å². The monoisotopic (exact) mass is 195 g/mol. The Labute approximate surface area is 84.6 Å². The van der Waals surface area contributed by atoms with Crippen LogP contribution >= 0.6 is 0 Å². The van der Waals surface area contributed by atoms with E-state index in [1.165, 1.54) is 12.7 Å². The Bertz CT molecular complexity index is 270. The molecule has 0 aromatic heterocycles. The number of esters is 1. The van der Waals surface area contributed by atoms with Gasteiger partial charge < -0.3 is 10.5 Å². The lowest BCUT2D eigenvalue weighted by atomic mass is 9.81. The fraction of sp³-hybridized carbons (Fsp3) is 0.545. The van der Waals surface area contributed by atoms with Crippen molar-refractivity contribution >= 4 is 5.97 Å². The van der Waals surface area contributed by atoms with E-state index in [0.29, 0.717) is 12.8 Å². The molecule has 3 heteroatoms. The third-order valence-electron chi connectivity index (χ3n) is 2.56. The summed E-state index contributed by atoms with van der Waals surface area (Å²) in [6, 6.07) is 0. The van der Waals surface area contributed by atoms with Gasteiger partial charge in [0.15, 0.2) is 0 Å². The minimum atomic E-state index is -0.818. The standard InChI is InChI=1S/C11H17NO2/c1-3-5-9-6-4-7-11(12,8-9)10(13)14-2/h3,6H,1,4-5,7-8,12H2,2H3. The molecule has 0 spiro atoms. The van der Waals surface area contributed by atoms with E-state index in [-0.39, 0.29) is 5.97 Å². The molecule has 0 amide bonds. The smallest absolute Gasteiger partial charge is 0.326 e. The van der Waals surface area contributed by atoms with Crippen LogP contribution in [-0.4, -0.2) is 18.6 Å². The van der Waals surface area contributed by atoms with E-state index >= 15 is 0 Å². The zero-order chi connectivity index (χ0) is 10.6. The highest BCUT2D eigenvalue weighted by atomic mass is 16.5. The highest BCUT2D eigenvalue weighted by molar-refractivity contribution is 5.81. The number of hydrogen-bond acceptors (Lipinski definition) is 3. The van der Waals surface area contributed by atoms with Gasteiger partial charge in [-0.3, -0.25) is 4.79 Å². The average molecular weight is 195 g/mol. The molecule has 0 radical (unpaired) electrons. The van der Waals surface area contributed by atoms with Crippen molar-refractivity contribution in [2.75, 3.05) is 7.11 Å². The molecule has 0 aromatic carbocycles. The molecule has 0 heterocycles. The normalized spacial score (nSPS) is 26.6. The van der Waals surface area contributed by atoms with Gasteiger partial charge in [-0.25, -0.2) is 0 Å². The molecular formula is C11H17NO2. The summed E-state index contributed by atoms with van der Waals surface area (Å²) in [5.41, 5.74) is 6.35. The lowest BCUT2D eigenvalue weighted by Gasteiger charge is -2.30. The van der Waals surface area contributed by atoms with Crippen LogP contribution in [0.1, 0.15) is 25.7 Å². The number of nitrogens with two attached hydrogens (primary N) is 1. The summed E-state index contributed by atoms with van der Waals surface area (Å²) < 4.78 is 4.70. The topological polar surface area (TPSA) is 52.3 Å². The van der Waals surface area contributed by atoms with Crippen LogP contribution in [0.15, 0.2) is 24.3 Å². The maximum atomic E-state index is 11.4. The number of allylic oxidation sites excluding steroid dienone is 2. The second kappa shape index (κ2) is 4.42. The molecule has 14 heavy (non-hydrogen) atoms. The van der Waals surface area contributed by atoms with E-state index in [2.05, 4.69) is 12.7 Å². The molecule has 0 bridgehead atoms. The van der Waals surface area contributed by atoms with Crippen LogP contribution in [0.3, 0.4) is 0 Å². The second-order valence-corrected chi connectivity index (χ2v) is 3.72. The number of methoxy groups -OCH3 is 1. The highest BCUT2D eigenvalue weighted by Gasteiger charge is 2.36.